The number of nitrogens with zero attached hydrogens (tertiary/aromatic N) is 1. The quantitative estimate of drug-likeness (QED) is 0.932. The van der Waals surface area contributed by atoms with E-state index < -0.39 is 0 Å². The molecule has 5 nitrogen and oxygen atoms in total. The van der Waals surface area contributed by atoms with Crippen LogP contribution in [0.5, 0.6) is 17.2 Å². The van der Waals surface area contributed by atoms with Gasteiger partial charge in [0.05, 0.1) is 26.3 Å². The number of benzene rings is 1. The number of thiazole rings is 1. The van der Waals surface area contributed by atoms with Gasteiger partial charge in [-0.1, -0.05) is 0 Å². The second kappa shape index (κ2) is 5.36. The first-order valence-corrected chi connectivity index (χ1v) is 6.46. The van der Waals surface area contributed by atoms with Crippen molar-refractivity contribution in [3.8, 4) is 28.5 Å². The van der Waals surface area contributed by atoms with Gasteiger partial charge in [-0.3, -0.25) is 0 Å². The SMILES string of the molecule is COc1ccc(-c2nc(C)sc2N)c(OC)c1OC. The van der Waals surface area contributed by atoms with Crippen LogP contribution in [-0.2, 0) is 0 Å². The van der Waals surface area contributed by atoms with Gasteiger partial charge < -0.3 is 19.9 Å². The Balaban J connectivity index is 2.67. The van der Waals surface area contributed by atoms with Gasteiger partial charge in [0.25, 0.3) is 0 Å². The fourth-order valence-corrected chi connectivity index (χ4v) is 2.63. The number of ether oxygens (including phenoxy) is 3. The normalized spacial score (nSPS) is 10.3. The summed E-state index contributed by atoms with van der Waals surface area (Å²) in [7, 11) is 4.73. The molecule has 0 radical (unpaired) electrons. The third kappa shape index (κ3) is 2.31. The predicted octanol–water partition coefficient (Wildman–Crippen LogP) is 2.73. The molecule has 0 bridgehead atoms. The molecule has 1 aromatic carbocycles. The highest BCUT2D eigenvalue weighted by molar-refractivity contribution is 7.16. The second-order valence-electron chi connectivity index (χ2n) is 3.83. The van der Waals surface area contributed by atoms with Gasteiger partial charge in [-0.2, -0.15) is 0 Å². The van der Waals surface area contributed by atoms with Crippen molar-refractivity contribution in [3.63, 3.8) is 0 Å². The molecule has 2 rings (SSSR count). The fourth-order valence-electron chi connectivity index (χ4n) is 1.92. The van der Waals surface area contributed by atoms with Crippen LogP contribution in [0.1, 0.15) is 5.01 Å². The molecule has 0 atom stereocenters. The number of nitrogens with two attached hydrogens (primary N) is 1. The predicted molar refractivity (Wildman–Crippen MR) is 76.4 cm³/mol. The summed E-state index contributed by atoms with van der Waals surface area (Å²) in [5, 5.41) is 1.56. The summed E-state index contributed by atoms with van der Waals surface area (Å²) in [4.78, 5) is 4.44. The van der Waals surface area contributed by atoms with E-state index in [0.29, 0.717) is 27.9 Å². The highest BCUT2D eigenvalue weighted by atomic mass is 32.1. The van der Waals surface area contributed by atoms with Crippen molar-refractivity contribution < 1.29 is 14.2 Å². The van der Waals surface area contributed by atoms with Gasteiger partial charge in [0.15, 0.2) is 11.5 Å². The lowest BCUT2D eigenvalue weighted by Crippen LogP contribution is -1.98. The molecule has 0 saturated heterocycles. The van der Waals surface area contributed by atoms with Crippen LogP contribution >= 0.6 is 11.3 Å². The van der Waals surface area contributed by atoms with Crippen LogP contribution in [0, 0.1) is 6.92 Å². The molecule has 0 spiro atoms. The lowest BCUT2D eigenvalue weighted by molar-refractivity contribution is 0.325. The molecule has 2 N–H and O–H groups in total. The largest absolute Gasteiger partial charge is 0.493 e. The zero-order valence-corrected chi connectivity index (χ0v) is 12.1. The first-order chi connectivity index (χ1) is 9.12. The van der Waals surface area contributed by atoms with Crippen LogP contribution in [0.2, 0.25) is 0 Å². The number of nitrogen functional groups attached to an aromatic ring is 1. The summed E-state index contributed by atoms with van der Waals surface area (Å²) in [5.74, 6) is 1.71. The third-order valence-corrected chi connectivity index (χ3v) is 3.52. The summed E-state index contributed by atoms with van der Waals surface area (Å²) < 4.78 is 16.0. The van der Waals surface area contributed by atoms with E-state index >= 15 is 0 Å². The van der Waals surface area contributed by atoms with Gasteiger partial charge >= 0.3 is 0 Å². The maximum Gasteiger partial charge on any atom is 0.203 e. The van der Waals surface area contributed by atoms with Gasteiger partial charge in [-0.25, -0.2) is 4.98 Å². The molecular weight excluding hydrogens is 264 g/mol. The molecule has 1 heterocycles. The number of aryl methyl sites for hydroxylation is 1. The third-order valence-electron chi connectivity index (χ3n) is 2.72. The van der Waals surface area contributed by atoms with Crippen molar-refractivity contribution in [2.24, 2.45) is 0 Å². The lowest BCUT2D eigenvalue weighted by Gasteiger charge is -2.15. The molecule has 0 aliphatic carbocycles. The van der Waals surface area contributed by atoms with Gasteiger partial charge in [0.1, 0.15) is 10.7 Å². The first-order valence-electron chi connectivity index (χ1n) is 5.64. The van der Waals surface area contributed by atoms with Crippen molar-refractivity contribution in [2.45, 2.75) is 6.92 Å². The Morgan fingerprint density at radius 2 is 1.74 bits per heavy atom. The zero-order valence-electron chi connectivity index (χ0n) is 11.3. The second-order valence-corrected chi connectivity index (χ2v) is 5.06. The maximum absolute atomic E-state index is 5.99. The van der Waals surface area contributed by atoms with E-state index in [4.69, 9.17) is 19.9 Å². The highest BCUT2D eigenvalue weighted by Gasteiger charge is 2.20. The van der Waals surface area contributed by atoms with Crippen LogP contribution in [0.3, 0.4) is 0 Å². The maximum atomic E-state index is 5.99. The Labute approximate surface area is 115 Å². The van der Waals surface area contributed by atoms with Crippen molar-refractivity contribution in [1.29, 1.82) is 0 Å². The molecule has 0 fully saturated rings. The van der Waals surface area contributed by atoms with E-state index in [1.807, 2.05) is 19.1 Å². The van der Waals surface area contributed by atoms with Gasteiger partial charge in [0.2, 0.25) is 5.75 Å². The van der Waals surface area contributed by atoms with Gasteiger partial charge in [0, 0.05) is 5.56 Å². The Morgan fingerprint density at radius 3 is 2.21 bits per heavy atom. The monoisotopic (exact) mass is 280 g/mol. The van der Waals surface area contributed by atoms with E-state index in [-0.39, 0.29) is 0 Å². The molecule has 0 aliphatic heterocycles. The number of anilines is 1. The number of aromatic nitrogens is 1. The smallest absolute Gasteiger partial charge is 0.203 e. The molecule has 0 unspecified atom stereocenters. The lowest BCUT2D eigenvalue weighted by atomic mass is 10.1. The molecule has 2 aromatic rings. The minimum Gasteiger partial charge on any atom is -0.493 e. The Kier molecular flexibility index (Phi) is 3.80. The Bertz CT molecular complexity index is 596. The minimum atomic E-state index is 0.535. The number of rotatable bonds is 4. The van der Waals surface area contributed by atoms with E-state index in [0.717, 1.165) is 10.6 Å². The molecule has 1 aromatic heterocycles. The molecular formula is C13H16N2O3S. The minimum absolute atomic E-state index is 0.535. The zero-order chi connectivity index (χ0) is 14.0. The van der Waals surface area contributed by atoms with Crippen molar-refractivity contribution in [3.05, 3.63) is 17.1 Å². The topological polar surface area (TPSA) is 66.6 Å². The molecule has 19 heavy (non-hydrogen) atoms. The summed E-state index contributed by atoms with van der Waals surface area (Å²) in [6.07, 6.45) is 0. The van der Waals surface area contributed by atoms with Crippen LogP contribution in [0.4, 0.5) is 5.00 Å². The number of hydrogen-bond acceptors (Lipinski definition) is 6. The van der Waals surface area contributed by atoms with Crippen LogP contribution in [0.15, 0.2) is 12.1 Å². The molecule has 6 heteroatoms. The Morgan fingerprint density at radius 1 is 1.05 bits per heavy atom. The van der Waals surface area contributed by atoms with Gasteiger partial charge in [-0.15, -0.1) is 11.3 Å². The molecule has 0 saturated carbocycles. The Hall–Kier alpha value is -1.95. The van der Waals surface area contributed by atoms with Crippen molar-refractivity contribution in [1.82, 2.24) is 4.98 Å². The number of methoxy groups -OCH3 is 3. The van der Waals surface area contributed by atoms with Crippen molar-refractivity contribution in [2.75, 3.05) is 27.1 Å². The first kappa shape index (κ1) is 13.5. The van der Waals surface area contributed by atoms with Crippen LogP contribution in [-0.4, -0.2) is 26.3 Å². The summed E-state index contributed by atoms with van der Waals surface area (Å²) >= 11 is 1.45. The summed E-state index contributed by atoms with van der Waals surface area (Å²) in [5.41, 5.74) is 7.49. The molecule has 0 aliphatic rings. The fraction of sp³-hybridized carbons (Fsp3) is 0.308. The van der Waals surface area contributed by atoms with E-state index in [2.05, 4.69) is 4.98 Å². The van der Waals surface area contributed by atoms with Crippen LogP contribution < -0.4 is 19.9 Å². The van der Waals surface area contributed by atoms with E-state index in [9.17, 15) is 0 Å². The van der Waals surface area contributed by atoms with Crippen molar-refractivity contribution >= 4 is 16.3 Å². The van der Waals surface area contributed by atoms with E-state index in [1.165, 1.54) is 11.3 Å². The summed E-state index contributed by atoms with van der Waals surface area (Å²) in [6.45, 7) is 1.91. The highest BCUT2D eigenvalue weighted by Crippen LogP contribution is 2.45. The molecule has 102 valence electrons. The standard InChI is InChI=1S/C13H16N2O3S/c1-7-15-10(13(14)19-7)8-5-6-9(16-2)12(18-4)11(8)17-3/h5-6H,14H2,1-4H3. The van der Waals surface area contributed by atoms with Crippen LogP contribution in [0.25, 0.3) is 11.3 Å². The van der Waals surface area contributed by atoms with Gasteiger partial charge in [-0.05, 0) is 19.1 Å². The molecule has 0 amide bonds. The average molecular weight is 280 g/mol. The number of hydrogen-bond donors (Lipinski definition) is 1. The average Bonchev–Trinajstić information content (AvgIpc) is 2.75. The van der Waals surface area contributed by atoms with E-state index in [1.54, 1.807) is 21.3 Å². The summed E-state index contributed by atoms with van der Waals surface area (Å²) in [6, 6.07) is 3.68.